The summed E-state index contributed by atoms with van der Waals surface area (Å²) in [7, 11) is 0. The highest BCUT2D eigenvalue weighted by atomic mass is 16.3. The van der Waals surface area contributed by atoms with Crippen molar-refractivity contribution in [3.8, 4) is 0 Å². The van der Waals surface area contributed by atoms with Crippen LogP contribution >= 0.6 is 0 Å². The van der Waals surface area contributed by atoms with Crippen molar-refractivity contribution in [2.24, 2.45) is 5.41 Å². The Labute approximate surface area is 111 Å². The zero-order chi connectivity index (χ0) is 13.8. The van der Waals surface area contributed by atoms with Crippen molar-refractivity contribution in [2.75, 3.05) is 19.7 Å². The molecular weight excluding hydrogens is 228 g/mol. The number of piperidine rings is 1. The van der Waals surface area contributed by atoms with E-state index in [1.807, 2.05) is 25.7 Å². The van der Waals surface area contributed by atoms with Crippen LogP contribution in [0.1, 0.15) is 47.0 Å². The van der Waals surface area contributed by atoms with Gasteiger partial charge in [0.05, 0.1) is 6.61 Å². The third kappa shape index (κ3) is 4.25. The number of hydrogen-bond acceptors (Lipinski definition) is 3. The highest BCUT2D eigenvalue weighted by Gasteiger charge is 2.30. The Bertz CT molecular complexity index is 261. The lowest BCUT2D eigenvalue weighted by atomic mass is 9.93. The normalized spacial score (nSPS) is 19.9. The first-order valence-electron chi connectivity index (χ1n) is 7.04. The predicted octanol–water partition coefficient (Wildman–Crippen LogP) is 1.38. The maximum Gasteiger partial charge on any atom is 0.227 e. The molecule has 2 N–H and O–H groups in total. The van der Waals surface area contributed by atoms with Crippen LogP contribution in [0.25, 0.3) is 0 Å². The largest absolute Gasteiger partial charge is 0.395 e. The van der Waals surface area contributed by atoms with Crippen LogP contribution in [0.3, 0.4) is 0 Å². The van der Waals surface area contributed by atoms with E-state index < -0.39 is 0 Å². The van der Waals surface area contributed by atoms with Crippen molar-refractivity contribution in [1.82, 2.24) is 10.2 Å². The van der Waals surface area contributed by atoms with Crippen LogP contribution in [0.2, 0.25) is 0 Å². The summed E-state index contributed by atoms with van der Waals surface area (Å²) >= 11 is 0. The van der Waals surface area contributed by atoms with Crippen molar-refractivity contribution in [3.63, 3.8) is 0 Å². The monoisotopic (exact) mass is 256 g/mol. The average Bonchev–Trinajstić information content (AvgIpc) is 2.34. The van der Waals surface area contributed by atoms with Gasteiger partial charge >= 0.3 is 0 Å². The number of carbonyl (C=O) groups is 1. The Balaban J connectivity index is 2.39. The second kappa shape index (κ2) is 6.53. The molecule has 1 saturated heterocycles. The van der Waals surface area contributed by atoms with Gasteiger partial charge in [-0.3, -0.25) is 4.79 Å². The first-order valence-corrected chi connectivity index (χ1v) is 7.04. The lowest BCUT2D eigenvalue weighted by molar-refractivity contribution is -0.140. The summed E-state index contributed by atoms with van der Waals surface area (Å²) in [6.45, 7) is 9.84. The Kier molecular flexibility index (Phi) is 5.60. The van der Waals surface area contributed by atoms with Gasteiger partial charge in [0, 0.05) is 30.6 Å². The molecule has 0 aromatic carbocycles. The highest BCUT2D eigenvalue weighted by Crippen LogP contribution is 2.21. The number of nitrogens with one attached hydrogen (secondary N) is 1. The molecule has 18 heavy (non-hydrogen) atoms. The third-order valence-corrected chi connectivity index (χ3v) is 3.61. The molecule has 0 saturated carbocycles. The van der Waals surface area contributed by atoms with Gasteiger partial charge in [-0.1, -0.05) is 27.7 Å². The van der Waals surface area contributed by atoms with E-state index in [0.717, 1.165) is 32.4 Å². The quantitative estimate of drug-likeness (QED) is 0.799. The molecule has 0 spiro atoms. The Morgan fingerprint density at radius 3 is 2.33 bits per heavy atom. The molecule has 1 rings (SSSR count). The molecule has 1 amide bonds. The first-order chi connectivity index (χ1) is 8.38. The lowest BCUT2D eigenvalue weighted by Crippen LogP contribution is -2.50. The predicted molar refractivity (Wildman–Crippen MR) is 73.4 cm³/mol. The number of hydrogen-bond donors (Lipinski definition) is 2. The minimum Gasteiger partial charge on any atom is -0.395 e. The molecule has 106 valence electrons. The molecule has 1 aliphatic rings. The SMILES string of the molecule is CCC(CO)NC1CCN(C(=O)C(C)(C)C)CC1. The van der Waals surface area contributed by atoms with E-state index in [1.165, 1.54) is 0 Å². The van der Waals surface area contributed by atoms with Gasteiger partial charge in [-0.15, -0.1) is 0 Å². The van der Waals surface area contributed by atoms with Crippen molar-refractivity contribution in [3.05, 3.63) is 0 Å². The van der Waals surface area contributed by atoms with Crippen molar-refractivity contribution >= 4 is 5.91 Å². The minimum absolute atomic E-state index is 0.192. The van der Waals surface area contributed by atoms with Crippen LogP contribution in [0.5, 0.6) is 0 Å². The maximum atomic E-state index is 12.1. The molecule has 1 fully saturated rings. The second-order valence-electron chi connectivity index (χ2n) is 6.27. The van der Waals surface area contributed by atoms with Gasteiger partial charge < -0.3 is 15.3 Å². The molecule has 4 heteroatoms. The fourth-order valence-corrected chi connectivity index (χ4v) is 2.36. The molecule has 1 aliphatic heterocycles. The topological polar surface area (TPSA) is 52.6 Å². The summed E-state index contributed by atoms with van der Waals surface area (Å²) in [5.74, 6) is 0.246. The van der Waals surface area contributed by atoms with Gasteiger partial charge in [0.2, 0.25) is 5.91 Å². The van der Waals surface area contributed by atoms with E-state index in [9.17, 15) is 9.90 Å². The number of aliphatic hydroxyl groups excluding tert-OH is 1. The van der Waals surface area contributed by atoms with E-state index >= 15 is 0 Å². The molecule has 1 atom stereocenters. The van der Waals surface area contributed by atoms with E-state index in [-0.39, 0.29) is 24.0 Å². The number of rotatable bonds is 4. The standard InChI is InChI=1S/C14H28N2O2/c1-5-11(10-17)15-12-6-8-16(9-7-12)13(18)14(2,3)4/h11-12,15,17H,5-10H2,1-4H3. The zero-order valence-electron chi connectivity index (χ0n) is 12.2. The van der Waals surface area contributed by atoms with E-state index in [1.54, 1.807) is 0 Å². The summed E-state index contributed by atoms with van der Waals surface area (Å²) in [6.07, 6.45) is 2.91. The van der Waals surface area contributed by atoms with Gasteiger partial charge in [0.25, 0.3) is 0 Å². The van der Waals surface area contributed by atoms with Crippen molar-refractivity contribution < 1.29 is 9.90 Å². The third-order valence-electron chi connectivity index (χ3n) is 3.61. The van der Waals surface area contributed by atoms with Crippen molar-refractivity contribution in [1.29, 1.82) is 0 Å². The van der Waals surface area contributed by atoms with Gasteiger partial charge in [0.15, 0.2) is 0 Å². The number of nitrogens with zero attached hydrogens (tertiary/aromatic N) is 1. The van der Waals surface area contributed by atoms with Crippen LogP contribution < -0.4 is 5.32 Å². The highest BCUT2D eigenvalue weighted by molar-refractivity contribution is 5.81. The van der Waals surface area contributed by atoms with Crippen LogP contribution in [-0.2, 0) is 4.79 Å². The Morgan fingerprint density at radius 2 is 1.94 bits per heavy atom. The van der Waals surface area contributed by atoms with Crippen LogP contribution in [0.4, 0.5) is 0 Å². The summed E-state index contributed by atoms with van der Waals surface area (Å²) in [6, 6.07) is 0.631. The average molecular weight is 256 g/mol. The molecule has 0 aromatic heterocycles. The number of carbonyl (C=O) groups excluding carboxylic acids is 1. The summed E-state index contributed by atoms with van der Waals surface area (Å²) in [4.78, 5) is 14.1. The van der Waals surface area contributed by atoms with Crippen LogP contribution in [0, 0.1) is 5.41 Å². The van der Waals surface area contributed by atoms with Crippen LogP contribution in [0.15, 0.2) is 0 Å². The molecule has 0 aliphatic carbocycles. The summed E-state index contributed by atoms with van der Waals surface area (Å²) < 4.78 is 0. The van der Waals surface area contributed by atoms with Gasteiger partial charge in [-0.2, -0.15) is 0 Å². The zero-order valence-corrected chi connectivity index (χ0v) is 12.2. The molecule has 0 radical (unpaired) electrons. The molecule has 0 aromatic rings. The van der Waals surface area contributed by atoms with E-state index in [2.05, 4.69) is 12.2 Å². The second-order valence-corrected chi connectivity index (χ2v) is 6.27. The Hall–Kier alpha value is -0.610. The van der Waals surface area contributed by atoms with Crippen LogP contribution in [-0.4, -0.2) is 47.7 Å². The molecule has 4 nitrogen and oxygen atoms in total. The summed E-state index contributed by atoms with van der Waals surface area (Å²) in [5.41, 5.74) is -0.280. The first kappa shape index (κ1) is 15.4. The summed E-state index contributed by atoms with van der Waals surface area (Å²) in [5, 5.41) is 12.6. The van der Waals surface area contributed by atoms with Crippen molar-refractivity contribution in [2.45, 2.75) is 59.0 Å². The van der Waals surface area contributed by atoms with Gasteiger partial charge in [-0.25, -0.2) is 0 Å². The molecule has 1 heterocycles. The molecular formula is C14H28N2O2. The lowest BCUT2D eigenvalue weighted by Gasteiger charge is -2.37. The fourth-order valence-electron chi connectivity index (χ4n) is 2.36. The van der Waals surface area contributed by atoms with E-state index in [0.29, 0.717) is 6.04 Å². The smallest absolute Gasteiger partial charge is 0.227 e. The number of amides is 1. The number of aliphatic hydroxyl groups is 1. The maximum absolute atomic E-state index is 12.1. The molecule has 0 bridgehead atoms. The van der Waals surface area contributed by atoms with Gasteiger partial charge in [-0.05, 0) is 19.3 Å². The number of likely N-dealkylation sites (tertiary alicyclic amines) is 1. The van der Waals surface area contributed by atoms with Gasteiger partial charge in [0.1, 0.15) is 0 Å². The van der Waals surface area contributed by atoms with E-state index in [4.69, 9.17) is 0 Å². The minimum atomic E-state index is -0.280. The fraction of sp³-hybridized carbons (Fsp3) is 0.929. The molecule has 1 unspecified atom stereocenters. The Morgan fingerprint density at radius 1 is 1.39 bits per heavy atom.